The highest BCUT2D eigenvalue weighted by molar-refractivity contribution is 5.92. The van der Waals surface area contributed by atoms with Crippen molar-refractivity contribution in [1.29, 1.82) is 0 Å². The van der Waals surface area contributed by atoms with Crippen LogP contribution in [-0.2, 0) is 28.6 Å². The monoisotopic (exact) mass is 438 g/mol. The van der Waals surface area contributed by atoms with E-state index in [0.29, 0.717) is 12.8 Å². The van der Waals surface area contributed by atoms with Gasteiger partial charge in [-0.15, -0.1) is 0 Å². The van der Waals surface area contributed by atoms with E-state index < -0.39 is 52.8 Å². The van der Waals surface area contributed by atoms with Crippen LogP contribution < -0.4 is 0 Å². The Kier molecular flexibility index (Phi) is 5.30. The largest absolute Gasteiger partial charge is 0.454 e. The van der Waals surface area contributed by atoms with E-state index in [9.17, 15) is 24.6 Å². The summed E-state index contributed by atoms with van der Waals surface area (Å²) in [6, 6.07) is 0. The molecule has 0 radical (unpaired) electrons. The maximum atomic E-state index is 14.1. The molecule has 4 fully saturated rings. The van der Waals surface area contributed by atoms with Crippen LogP contribution in [0.15, 0.2) is 0 Å². The molecule has 0 amide bonds. The number of Topliss-reactive ketones (excluding diaryl/α,β-unsaturated/α-hetero) is 1. The number of hydrogen-bond donors (Lipinski definition) is 2. The van der Waals surface area contributed by atoms with Gasteiger partial charge in [0.15, 0.2) is 17.5 Å². The molecule has 174 valence electrons. The van der Waals surface area contributed by atoms with Crippen molar-refractivity contribution in [2.75, 3.05) is 6.61 Å². The zero-order chi connectivity index (χ0) is 22.9. The minimum Gasteiger partial charge on any atom is -0.454 e. The van der Waals surface area contributed by atoms with Gasteiger partial charge in [-0.1, -0.05) is 13.8 Å². The van der Waals surface area contributed by atoms with Gasteiger partial charge >= 0.3 is 11.9 Å². The van der Waals surface area contributed by atoms with Gasteiger partial charge < -0.3 is 24.4 Å². The van der Waals surface area contributed by atoms with Gasteiger partial charge in [0.1, 0.15) is 6.10 Å². The Hall–Kier alpha value is -1.51. The van der Waals surface area contributed by atoms with Crippen LogP contribution in [0.5, 0.6) is 0 Å². The molecule has 0 aromatic rings. The van der Waals surface area contributed by atoms with E-state index in [-0.39, 0.29) is 43.0 Å². The molecule has 2 bridgehead atoms. The highest BCUT2D eigenvalue weighted by atomic mass is 16.6. The molecule has 3 unspecified atom stereocenters. The fraction of sp³-hybridized carbons (Fsp3) is 0.870. The Balaban J connectivity index is 1.89. The number of fused-ring (bicyclic) bond motifs is 5. The lowest BCUT2D eigenvalue weighted by molar-refractivity contribution is -0.328. The first-order valence-corrected chi connectivity index (χ1v) is 11.3. The van der Waals surface area contributed by atoms with Gasteiger partial charge in [0.2, 0.25) is 0 Å². The molecular weight excluding hydrogens is 404 g/mol. The van der Waals surface area contributed by atoms with E-state index in [0.717, 1.165) is 0 Å². The summed E-state index contributed by atoms with van der Waals surface area (Å²) in [5, 5.41) is 23.0. The number of aliphatic hydroxyl groups excluding tert-OH is 1. The standard InChI is InChI=1S/C23H34O8/c1-11-6-7-22(28)9-15-21(5,20(27)19(30-13(3)24)18(11)12(22)2)16(26)8-17-23(15,10-29-17)31-14(4)25/h11-12,15-19,26,28H,6-10H2,1-5H3/t11?,12-,15+,16+,17-,18?,19-,21?,22-,23-/m1/s1. The number of carbonyl (C=O) groups is 3. The van der Waals surface area contributed by atoms with Gasteiger partial charge in [0.05, 0.1) is 23.7 Å². The van der Waals surface area contributed by atoms with Crippen molar-refractivity contribution in [3.63, 3.8) is 0 Å². The summed E-state index contributed by atoms with van der Waals surface area (Å²) in [4.78, 5) is 38.1. The number of ether oxygens (including phenoxy) is 3. The van der Waals surface area contributed by atoms with Crippen LogP contribution in [0.4, 0.5) is 0 Å². The Morgan fingerprint density at radius 3 is 2.42 bits per heavy atom. The summed E-state index contributed by atoms with van der Waals surface area (Å²) >= 11 is 0. The summed E-state index contributed by atoms with van der Waals surface area (Å²) in [5.41, 5.74) is -3.60. The number of rotatable bonds is 2. The third kappa shape index (κ3) is 3.09. The number of aliphatic hydroxyl groups is 2. The summed E-state index contributed by atoms with van der Waals surface area (Å²) in [6.07, 6.45) is -1.15. The molecule has 1 saturated heterocycles. The molecule has 8 heteroatoms. The first-order chi connectivity index (χ1) is 14.4. The minimum atomic E-state index is -1.36. The highest BCUT2D eigenvalue weighted by Gasteiger charge is 2.73. The average molecular weight is 439 g/mol. The lowest BCUT2D eigenvalue weighted by atomic mass is 9.47. The maximum absolute atomic E-state index is 14.1. The number of carbonyl (C=O) groups excluding carboxylic acids is 3. The van der Waals surface area contributed by atoms with Crippen molar-refractivity contribution in [3.05, 3.63) is 0 Å². The molecule has 0 aromatic carbocycles. The van der Waals surface area contributed by atoms with Gasteiger partial charge in [-0.05, 0) is 38.0 Å². The Bertz CT molecular complexity index is 796. The highest BCUT2D eigenvalue weighted by Crippen LogP contribution is 2.61. The lowest BCUT2D eigenvalue weighted by Crippen LogP contribution is -2.77. The van der Waals surface area contributed by atoms with E-state index >= 15 is 0 Å². The molecule has 0 aromatic heterocycles. The van der Waals surface area contributed by atoms with Crippen LogP contribution in [-0.4, -0.2) is 64.1 Å². The average Bonchev–Trinajstić information content (AvgIpc) is 2.67. The van der Waals surface area contributed by atoms with Crippen molar-refractivity contribution in [2.45, 2.75) is 89.8 Å². The van der Waals surface area contributed by atoms with Crippen LogP contribution in [0.25, 0.3) is 0 Å². The van der Waals surface area contributed by atoms with E-state index in [2.05, 4.69) is 0 Å². The molecule has 2 N–H and O–H groups in total. The van der Waals surface area contributed by atoms with Crippen LogP contribution >= 0.6 is 0 Å². The predicted molar refractivity (Wildman–Crippen MR) is 108 cm³/mol. The Morgan fingerprint density at radius 1 is 1.19 bits per heavy atom. The summed E-state index contributed by atoms with van der Waals surface area (Å²) in [7, 11) is 0. The molecule has 10 atom stereocenters. The number of hydrogen-bond acceptors (Lipinski definition) is 8. The molecular formula is C23H34O8. The quantitative estimate of drug-likeness (QED) is 0.621. The summed E-state index contributed by atoms with van der Waals surface area (Å²) < 4.78 is 17.1. The third-order valence-electron chi connectivity index (χ3n) is 8.94. The summed E-state index contributed by atoms with van der Waals surface area (Å²) in [6.45, 7) is 8.28. The first-order valence-electron chi connectivity index (χ1n) is 11.3. The van der Waals surface area contributed by atoms with E-state index in [1.807, 2.05) is 13.8 Å². The van der Waals surface area contributed by atoms with Crippen molar-refractivity contribution < 1.29 is 38.8 Å². The molecule has 8 nitrogen and oxygen atoms in total. The van der Waals surface area contributed by atoms with Crippen LogP contribution in [0.3, 0.4) is 0 Å². The first kappa shape index (κ1) is 22.7. The van der Waals surface area contributed by atoms with E-state index in [4.69, 9.17) is 14.2 Å². The maximum Gasteiger partial charge on any atom is 0.303 e. The van der Waals surface area contributed by atoms with Crippen LogP contribution in [0.2, 0.25) is 0 Å². The zero-order valence-corrected chi connectivity index (χ0v) is 18.9. The van der Waals surface area contributed by atoms with Gasteiger partial charge in [0.25, 0.3) is 0 Å². The van der Waals surface area contributed by atoms with Crippen LogP contribution in [0.1, 0.15) is 60.3 Å². The predicted octanol–water partition coefficient (Wildman–Crippen LogP) is 1.39. The van der Waals surface area contributed by atoms with Gasteiger partial charge in [-0.2, -0.15) is 0 Å². The third-order valence-corrected chi connectivity index (χ3v) is 8.94. The summed E-state index contributed by atoms with van der Waals surface area (Å²) in [5.74, 6) is -2.71. The minimum absolute atomic E-state index is 0.0617. The zero-order valence-electron chi connectivity index (χ0n) is 18.9. The molecule has 3 aliphatic carbocycles. The second-order valence-electron chi connectivity index (χ2n) is 10.5. The second kappa shape index (κ2) is 7.25. The lowest BCUT2D eigenvalue weighted by Gasteiger charge is -2.65. The molecule has 0 spiro atoms. The van der Waals surface area contributed by atoms with Gasteiger partial charge in [-0.25, -0.2) is 0 Å². The number of esters is 2. The van der Waals surface area contributed by atoms with Crippen molar-refractivity contribution in [2.24, 2.45) is 29.1 Å². The molecule has 4 aliphatic rings. The Morgan fingerprint density at radius 2 is 1.87 bits per heavy atom. The van der Waals surface area contributed by atoms with Gasteiger partial charge in [-0.3, -0.25) is 14.4 Å². The van der Waals surface area contributed by atoms with Crippen molar-refractivity contribution in [1.82, 2.24) is 0 Å². The molecule has 31 heavy (non-hydrogen) atoms. The fourth-order valence-corrected chi connectivity index (χ4v) is 7.04. The van der Waals surface area contributed by atoms with Gasteiger partial charge in [0, 0.05) is 32.1 Å². The smallest absolute Gasteiger partial charge is 0.303 e. The normalized spacial score (nSPS) is 51.3. The topological polar surface area (TPSA) is 119 Å². The fourth-order valence-electron chi connectivity index (χ4n) is 7.04. The molecule has 4 rings (SSSR count). The van der Waals surface area contributed by atoms with Crippen LogP contribution in [0, 0.1) is 29.1 Å². The molecule has 1 heterocycles. The number of ketones is 1. The SMILES string of the molecule is CC(=O)O[C@H]1C(=O)C2(C)[C@@H](O)C[C@H]3OC[C@@]3(OC(C)=O)[C@H]2C[C@]2(O)CCC(C)C1[C@H]2C. The van der Waals surface area contributed by atoms with E-state index in [1.165, 1.54) is 13.8 Å². The Labute approximate surface area is 182 Å². The van der Waals surface area contributed by atoms with E-state index in [1.54, 1.807) is 6.92 Å². The van der Waals surface area contributed by atoms with Crippen molar-refractivity contribution in [3.8, 4) is 0 Å². The molecule has 1 aliphatic heterocycles. The molecule has 3 saturated carbocycles. The second-order valence-corrected chi connectivity index (χ2v) is 10.5. The van der Waals surface area contributed by atoms with Crippen molar-refractivity contribution >= 4 is 17.7 Å².